The number of aliphatic hydroxyl groups excluding tert-OH is 1. The van der Waals surface area contributed by atoms with Crippen LogP contribution in [0.4, 0.5) is 9.52 Å². The quantitative estimate of drug-likeness (QED) is 0.211. The number of halogens is 1. The van der Waals surface area contributed by atoms with Crippen LogP contribution >= 0.6 is 23.1 Å². The van der Waals surface area contributed by atoms with Crippen molar-refractivity contribution in [1.82, 2.24) is 10.2 Å². The molecule has 1 N–H and O–H groups in total. The van der Waals surface area contributed by atoms with Gasteiger partial charge >= 0.3 is 0 Å². The van der Waals surface area contributed by atoms with E-state index in [9.17, 15) is 19.1 Å². The Kier molecular flexibility index (Phi) is 5.99. The molecule has 5 rings (SSSR count). The van der Waals surface area contributed by atoms with Crippen molar-refractivity contribution in [2.24, 2.45) is 0 Å². The van der Waals surface area contributed by atoms with Gasteiger partial charge in [0.25, 0.3) is 5.91 Å². The van der Waals surface area contributed by atoms with Gasteiger partial charge < -0.3 is 9.52 Å². The lowest BCUT2D eigenvalue weighted by Gasteiger charge is -2.23. The summed E-state index contributed by atoms with van der Waals surface area (Å²) in [5, 5.41) is 19.2. The second-order valence-corrected chi connectivity index (χ2v) is 9.50. The number of amides is 1. The van der Waals surface area contributed by atoms with Crippen molar-refractivity contribution in [3.05, 3.63) is 107 Å². The first-order valence-corrected chi connectivity index (χ1v) is 11.9. The van der Waals surface area contributed by atoms with E-state index in [1.807, 2.05) is 30.3 Å². The number of nitrogens with zero attached hydrogens (tertiary/aromatic N) is 3. The Balaban J connectivity index is 1.50. The van der Waals surface area contributed by atoms with Gasteiger partial charge in [0.05, 0.1) is 17.9 Å². The molecule has 3 heterocycles. The number of aromatic nitrogens is 2. The van der Waals surface area contributed by atoms with Gasteiger partial charge in [-0.2, -0.15) is 0 Å². The summed E-state index contributed by atoms with van der Waals surface area (Å²) in [5.41, 5.74) is 1.37. The van der Waals surface area contributed by atoms with Gasteiger partial charge in [0.15, 0.2) is 15.9 Å². The maximum absolute atomic E-state index is 13.6. The number of aliphatic hydroxyl groups is 1. The summed E-state index contributed by atoms with van der Waals surface area (Å²) in [4.78, 5) is 27.5. The number of Topliss-reactive ketones (excluding diaryl/α,β-unsaturated/α-hetero) is 1. The van der Waals surface area contributed by atoms with Crippen LogP contribution in [-0.4, -0.2) is 27.0 Å². The summed E-state index contributed by atoms with van der Waals surface area (Å²) in [6, 6.07) is 17.2. The Morgan fingerprint density at radius 3 is 2.56 bits per heavy atom. The maximum atomic E-state index is 13.6. The molecular weight excluding hydrogens is 477 g/mol. The first-order valence-electron chi connectivity index (χ1n) is 10.1. The highest BCUT2D eigenvalue weighted by Gasteiger charge is 2.46. The predicted molar refractivity (Wildman–Crippen MR) is 125 cm³/mol. The van der Waals surface area contributed by atoms with Crippen LogP contribution in [0, 0.1) is 5.82 Å². The summed E-state index contributed by atoms with van der Waals surface area (Å²) < 4.78 is 19.4. The van der Waals surface area contributed by atoms with Crippen molar-refractivity contribution in [2.45, 2.75) is 16.1 Å². The fourth-order valence-electron chi connectivity index (χ4n) is 3.61. The SMILES string of the molecule is O=C(C1=C(O)C(=O)N(c2nnc(SCc3ccccc3)s2)[C@@H]1c1ccc(F)cc1)c1ccco1. The molecule has 4 aromatic rings. The Morgan fingerprint density at radius 1 is 1.09 bits per heavy atom. The van der Waals surface area contributed by atoms with E-state index < -0.39 is 29.3 Å². The lowest BCUT2D eigenvalue weighted by Crippen LogP contribution is -2.31. The number of hydrogen-bond donors (Lipinski definition) is 1. The summed E-state index contributed by atoms with van der Waals surface area (Å²) in [6.07, 6.45) is 1.33. The Labute approximate surface area is 201 Å². The molecule has 1 amide bonds. The summed E-state index contributed by atoms with van der Waals surface area (Å²) in [7, 11) is 0. The van der Waals surface area contributed by atoms with Crippen molar-refractivity contribution < 1.29 is 23.5 Å². The van der Waals surface area contributed by atoms with E-state index in [-0.39, 0.29) is 16.5 Å². The summed E-state index contributed by atoms with van der Waals surface area (Å²) >= 11 is 2.63. The van der Waals surface area contributed by atoms with E-state index in [2.05, 4.69) is 10.2 Å². The van der Waals surface area contributed by atoms with Crippen LogP contribution in [0.15, 0.2) is 93.1 Å². The third-order valence-electron chi connectivity index (χ3n) is 5.19. The normalized spacial score (nSPS) is 15.9. The molecule has 0 saturated heterocycles. The molecule has 0 aliphatic carbocycles. The molecule has 2 aromatic carbocycles. The number of carbonyl (C=O) groups is 2. The van der Waals surface area contributed by atoms with Crippen molar-refractivity contribution in [3.63, 3.8) is 0 Å². The highest BCUT2D eigenvalue weighted by Crippen LogP contribution is 2.43. The van der Waals surface area contributed by atoms with Gasteiger partial charge in [0.2, 0.25) is 10.9 Å². The number of anilines is 1. The molecule has 7 nitrogen and oxygen atoms in total. The Hall–Kier alpha value is -3.76. The van der Waals surface area contributed by atoms with Crippen molar-refractivity contribution in [3.8, 4) is 0 Å². The first kappa shape index (κ1) is 22.1. The Morgan fingerprint density at radius 2 is 1.85 bits per heavy atom. The van der Waals surface area contributed by atoms with Gasteiger partial charge in [-0.15, -0.1) is 10.2 Å². The third-order valence-corrected chi connectivity index (χ3v) is 7.32. The second-order valence-electron chi connectivity index (χ2n) is 7.32. The zero-order chi connectivity index (χ0) is 23.7. The van der Waals surface area contributed by atoms with Crippen LogP contribution in [0.1, 0.15) is 27.7 Å². The van der Waals surface area contributed by atoms with Crippen LogP contribution in [0.2, 0.25) is 0 Å². The third kappa shape index (κ3) is 4.13. The van der Waals surface area contributed by atoms with Crippen LogP contribution in [0.3, 0.4) is 0 Å². The number of carbonyl (C=O) groups excluding carboxylic acids is 2. The van der Waals surface area contributed by atoms with Gasteiger partial charge in [0, 0.05) is 5.75 Å². The molecule has 0 unspecified atom stereocenters. The minimum Gasteiger partial charge on any atom is -0.503 e. The largest absolute Gasteiger partial charge is 0.503 e. The number of furan rings is 1. The fraction of sp³-hybridized carbons (Fsp3) is 0.0833. The fourth-order valence-corrected chi connectivity index (χ4v) is 5.44. The highest BCUT2D eigenvalue weighted by atomic mass is 32.2. The molecule has 1 aliphatic heterocycles. The van der Waals surface area contributed by atoms with Gasteiger partial charge in [-0.1, -0.05) is 65.6 Å². The van der Waals surface area contributed by atoms with Crippen LogP contribution < -0.4 is 4.90 Å². The summed E-state index contributed by atoms with van der Waals surface area (Å²) in [6.45, 7) is 0. The highest BCUT2D eigenvalue weighted by molar-refractivity contribution is 8.00. The van der Waals surface area contributed by atoms with E-state index in [0.29, 0.717) is 15.7 Å². The molecule has 34 heavy (non-hydrogen) atoms. The van der Waals surface area contributed by atoms with Gasteiger partial charge in [-0.25, -0.2) is 4.39 Å². The molecular formula is C24H16FN3O4S2. The number of ketones is 1. The first-order chi connectivity index (χ1) is 16.5. The molecule has 2 aromatic heterocycles. The van der Waals surface area contributed by atoms with Crippen molar-refractivity contribution in [1.29, 1.82) is 0 Å². The maximum Gasteiger partial charge on any atom is 0.296 e. The van der Waals surface area contributed by atoms with Crippen LogP contribution in [0.5, 0.6) is 0 Å². The number of rotatable bonds is 7. The monoisotopic (exact) mass is 493 g/mol. The minimum absolute atomic E-state index is 0.0281. The molecule has 170 valence electrons. The molecule has 1 aliphatic rings. The molecule has 0 saturated carbocycles. The van der Waals surface area contributed by atoms with Crippen molar-refractivity contribution >= 4 is 39.9 Å². The zero-order valence-corrected chi connectivity index (χ0v) is 19.1. The van der Waals surface area contributed by atoms with Crippen LogP contribution in [0.25, 0.3) is 0 Å². The molecule has 0 spiro atoms. The molecule has 1 atom stereocenters. The predicted octanol–water partition coefficient (Wildman–Crippen LogP) is 5.35. The summed E-state index contributed by atoms with van der Waals surface area (Å²) in [5.74, 6) is -1.97. The molecule has 0 fully saturated rings. The number of benzene rings is 2. The molecule has 0 radical (unpaired) electrons. The topological polar surface area (TPSA) is 96.5 Å². The standard InChI is InChI=1S/C24H16FN3O4S2/c25-16-10-8-15(9-11-16)19-18(20(29)17-7-4-12-32-17)21(30)22(31)28(19)23-26-27-24(34-23)33-13-14-5-2-1-3-6-14/h1-12,19,30H,13H2/t19-/m1/s1. The van der Waals surface area contributed by atoms with E-state index in [0.717, 1.165) is 5.56 Å². The lowest BCUT2D eigenvalue weighted by atomic mass is 9.95. The van der Waals surface area contributed by atoms with Gasteiger partial charge in [-0.3, -0.25) is 14.5 Å². The molecule has 0 bridgehead atoms. The lowest BCUT2D eigenvalue weighted by molar-refractivity contribution is -0.117. The van der Waals surface area contributed by atoms with E-state index in [4.69, 9.17) is 4.42 Å². The van der Waals surface area contributed by atoms with E-state index in [1.165, 1.54) is 70.7 Å². The van der Waals surface area contributed by atoms with Gasteiger partial charge in [0.1, 0.15) is 5.82 Å². The van der Waals surface area contributed by atoms with Crippen LogP contribution in [-0.2, 0) is 10.5 Å². The zero-order valence-electron chi connectivity index (χ0n) is 17.4. The average Bonchev–Trinajstić information content (AvgIpc) is 3.60. The smallest absolute Gasteiger partial charge is 0.296 e. The van der Waals surface area contributed by atoms with Gasteiger partial charge in [-0.05, 0) is 35.4 Å². The Bertz CT molecular complexity index is 1370. The van der Waals surface area contributed by atoms with Crippen molar-refractivity contribution in [2.75, 3.05) is 4.90 Å². The number of thioether (sulfide) groups is 1. The van der Waals surface area contributed by atoms with E-state index >= 15 is 0 Å². The minimum atomic E-state index is -1.02. The van der Waals surface area contributed by atoms with E-state index in [1.54, 1.807) is 0 Å². The molecule has 10 heteroatoms. The number of hydrogen-bond acceptors (Lipinski definition) is 8. The average molecular weight is 494 g/mol. The second kappa shape index (κ2) is 9.24.